The number of hydrogen-bond acceptors (Lipinski definition) is 5. The summed E-state index contributed by atoms with van der Waals surface area (Å²) in [5, 5.41) is 9.58. The monoisotopic (exact) mass is 250 g/mol. The largest absolute Gasteiger partial charge is 0.504 e. The summed E-state index contributed by atoms with van der Waals surface area (Å²) in [5.74, 6) is -1.06. The molecule has 0 fully saturated rings. The standard InChI is InChI=1S/C13H14O5/c1-3-17-13(16)7-5-10-4-6-12(11(15)8-10)18-9(2)14/h4-8,15H,3H2,1-2H3/b7-5+. The van der Waals surface area contributed by atoms with Crippen LogP contribution in [0.1, 0.15) is 19.4 Å². The molecular weight excluding hydrogens is 236 g/mol. The van der Waals surface area contributed by atoms with Gasteiger partial charge in [-0.25, -0.2) is 4.79 Å². The minimum absolute atomic E-state index is 0.0794. The highest BCUT2D eigenvalue weighted by Crippen LogP contribution is 2.27. The first-order valence-electron chi connectivity index (χ1n) is 5.39. The van der Waals surface area contributed by atoms with Crippen molar-refractivity contribution < 1.29 is 24.2 Å². The third-order valence-corrected chi connectivity index (χ3v) is 1.94. The Morgan fingerprint density at radius 1 is 1.39 bits per heavy atom. The summed E-state index contributed by atoms with van der Waals surface area (Å²) in [6, 6.07) is 4.43. The van der Waals surface area contributed by atoms with Crippen LogP contribution in [0.2, 0.25) is 0 Å². The summed E-state index contributed by atoms with van der Waals surface area (Å²) in [5.41, 5.74) is 0.594. The van der Waals surface area contributed by atoms with E-state index in [0.29, 0.717) is 12.2 Å². The molecule has 0 aromatic heterocycles. The fraction of sp³-hybridized carbons (Fsp3) is 0.231. The molecule has 96 valence electrons. The molecule has 5 nitrogen and oxygen atoms in total. The average molecular weight is 250 g/mol. The van der Waals surface area contributed by atoms with Crippen LogP contribution in [-0.4, -0.2) is 23.7 Å². The number of carbonyl (C=O) groups excluding carboxylic acids is 2. The molecule has 1 rings (SSSR count). The van der Waals surface area contributed by atoms with Gasteiger partial charge in [-0.3, -0.25) is 4.79 Å². The van der Waals surface area contributed by atoms with Crippen LogP contribution in [-0.2, 0) is 14.3 Å². The number of carbonyl (C=O) groups is 2. The van der Waals surface area contributed by atoms with Crippen LogP contribution in [0.4, 0.5) is 0 Å². The Kier molecular flexibility index (Phi) is 4.92. The molecule has 0 amide bonds. The molecule has 1 aromatic carbocycles. The molecule has 1 aromatic rings. The highest BCUT2D eigenvalue weighted by Gasteiger charge is 2.05. The van der Waals surface area contributed by atoms with Crippen molar-refractivity contribution in [2.45, 2.75) is 13.8 Å². The van der Waals surface area contributed by atoms with Crippen LogP contribution in [0, 0.1) is 0 Å². The molecular formula is C13H14O5. The SMILES string of the molecule is CCOC(=O)/C=C/c1ccc(OC(C)=O)c(O)c1. The van der Waals surface area contributed by atoms with Crippen LogP contribution in [0.25, 0.3) is 6.08 Å². The van der Waals surface area contributed by atoms with E-state index in [1.54, 1.807) is 13.0 Å². The van der Waals surface area contributed by atoms with E-state index >= 15 is 0 Å². The Labute approximate surface area is 105 Å². The van der Waals surface area contributed by atoms with E-state index in [1.165, 1.54) is 31.2 Å². The summed E-state index contributed by atoms with van der Waals surface area (Å²) in [6.45, 7) is 3.26. The van der Waals surface area contributed by atoms with E-state index in [9.17, 15) is 14.7 Å². The number of hydrogen-bond donors (Lipinski definition) is 1. The van der Waals surface area contributed by atoms with Crippen molar-refractivity contribution in [1.29, 1.82) is 0 Å². The molecule has 0 aliphatic heterocycles. The van der Waals surface area contributed by atoms with Crippen molar-refractivity contribution in [2.75, 3.05) is 6.61 Å². The van der Waals surface area contributed by atoms with Gasteiger partial charge >= 0.3 is 11.9 Å². The zero-order valence-electron chi connectivity index (χ0n) is 10.2. The summed E-state index contributed by atoms with van der Waals surface area (Å²) in [6.07, 6.45) is 2.75. The third-order valence-electron chi connectivity index (χ3n) is 1.94. The van der Waals surface area contributed by atoms with Crippen molar-refractivity contribution >= 4 is 18.0 Å². The van der Waals surface area contributed by atoms with Crippen LogP contribution >= 0.6 is 0 Å². The van der Waals surface area contributed by atoms with Gasteiger partial charge in [-0.05, 0) is 30.7 Å². The lowest BCUT2D eigenvalue weighted by Crippen LogP contribution is -2.01. The van der Waals surface area contributed by atoms with Crippen molar-refractivity contribution in [2.24, 2.45) is 0 Å². The number of benzene rings is 1. The maximum Gasteiger partial charge on any atom is 0.330 e. The van der Waals surface area contributed by atoms with Crippen molar-refractivity contribution in [3.63, 3.8) is 0 Å². The normalized spacial score (nSPS) is 10.3. The summed E-state index contributed by atoms with van der Waals surface area (Å²) < 4.78 is 9.47. The second-order valence-electron chi connectivity index (χ2n) is 3.41. The maximum atomic E-state index is 11.1. The van der Waals surface area contributed by atoms with E-state index in [-0.39, 0.29) is 11.5 Å². The molecule has 1 N–H and O–H groups in total. The van der Waals surface area contributed by atoms with Crippen LogP contribution in [0.3, 0.4) is 0 Å². The Balaban J connectivity index is 2.78. The first-order valence-corrected chi connectivity index (χ1v) is 5.39. The molecule has 0 bridgehead atoms. The maximum absolute atomic E-state index is 11.1. The Morgan fingerprint density at radius 2 is 2.11 bits per heavy atom. The van der Waals surface area contributed by atoms with E-state index in [1.807, 2.05) is 0 Å². The van der Waals surface area contributed by atoms with Crippen LogP contribution in [0.15, 0.2) is 24.3 Å². The smallest absolute Gasteiger partial charge is 0.330 e. The van der Waals surface area contributed by atoms with E-state index in [4.69, 9.17) is 9.47 Å². The summed E-state index contributed by atoms with van der Waals surface area (Å²) >= 11 is 0. The summed E-state index contributed by atoms with van der Waals surface area (Å²) in [4.78, 5) is 21.8. The second-order valence-corrected chi connectivity index (χ2v) is 3.41. The molecule has 0 atom stereocenters. The number of phenolic OH excluding ortho intramolecular Hbond substituents is 1. The Morgan fingerprint density at radius 3 is 2.67 bits per heavy atom. The minimum atomic E-state index is -0.514. The molecule has 0 spiro atoms. The lowest BCUT2D eigenvalue weighted by atomic mass is 10.2. The van der Waals surface area contributed by atoms with Gasteiger partial charge in [0.25, 0.3) is 0 Å². The lowest BCUT2D eigenvalue weighted by Gasteiger charge is -2.04. The molecule has 0 unspecified atom stereocenters. The van der Waals surface area contributed by atoms with Gasteiger partial charge in [0, 0.05) is 13.0 Å². The van der Waals surface area contributed by atoms with E-state index < -0.39 is 11.9 Å². The zero-order valence-corrected chi connectivity index (χ0v) is 10.2. The highest BCUT2D eigenvalue weighted by atomic mass is 16.5. The Hall–Kier alpha value is -2.30. The molecule has 5 heteroatoms. The predicted octanol–water partition coefficient (Wildman–Crippen LogP) is 1.89. The number of ether oxygens (including phenoxy) is 2. The van der Waals surface area contributed by atoms with Crippen molar-refractivity contribution in [3.8, 4) is 11.5 Å². The topological polar surface area (TPSA) is 72.8 Å². The highest BCUT2D eigenvalue weighted by molar-refractivity contribution is 5.87. The van der Waals surface area contributed by atoms with Gasteiger partial charge in [0.05, 0.1) is 6.61 Å². The quantitative estimate of drug-likeness (QED) is 0.502. The molecule has 0 aliphatic carbocycles. The van der Waals surface area contributed by atoms with Crippen LogP contribution in [0.5, 0.6) is 11.5 Å². The molecule has 0 aliphatic rings. The van der Waals surface area contributed by atoms with Crippen molar-refractivity contribution in [3.05, 3.63) is 29.8 Å². The van der Waals surface area contributed by atoms with E-state index in [0.717, 1.165) is 0 Å². The van der Waals surface area contributed by atoms with Gasteiger partial charge in [-0.1, -0.05) is 6.07 Å². The lowest BCUT2D eigenvalue weighted by molar-refractivity contribution is -0.137. The van der Waals surface area contributed by atoms with Gasteiger partial charge in [0.15, 0.2) is 11.5 Å². The first-order chi connectivity index (χ1) is 8.52. The minimum Gasteiger partial charge on any atom is -0.504 e. The van der Waals surface area contributed by atoms with Crippen LogP contribution < -0.4 is 4.74 Å². The number of rotatable bonds is 4. The zero-order chi connectivity index (χ0) is 13.5. The van der Waals surface area contributed by atoms with Crippen molar-refractivity contribution in [1.82, 2.24) is 0 Å². The summed E-state index contributed by atoms with van der Waals surface area (Å²) in [7, 11) is 0. The van der Waals surface area contributed by atoms with Gasteiger partial charge < -0.3 is 14.6 Å². The molecule has 18 heavy (non-hydrogen) atoms. The average Bonchev–Trinajstić information content (AvgIpc) is 2.29. The molecule has 0 saturated carbocycles. The molecule has 0 radical (unpaired) electrons. The Bertz CT molecular complexity index is 476. The third kappa shape index (κ3) is 4.29. The fourth-order valence-corrected chi connectivity index (χ4v) is 1.23. The predicted molar refractivity (Wildman–Crippen MR) is 65.1 cm³/mol. The number of esters is 2. The van der Waals surface area contributed by atoms with E-state index in [2.05, 4.69) is 0 Å². The van der Waals surface area contributed by atoms with Gasteiger partial charge in [0.2, 0.25) is 0 Å². The van der Waals surface area contributed by atoms with Gasteiger partial charge in [-0.15, -0.1) is 0 Å². The fourth-order valence-electron chi connectivity index (χ4n) is 1.23. The first kappa shape index (κ1) is 13.8. The number of aromatic hydroxyl groups is 1. The second kappa shape index (κ2) is 6.44. The number of phenols is 1. The molecule has 0 heterocycles. The van der Waals surface area contributed by atoms with Gasteiger partial charge in [-0.2, -0.15) is 0 Å². The molecule has 0 saturated heterocycles. The van der Waals surface area contributed by atoms with Gasteiger partial charge in [0.1, 0.15) is 0 Å².